The minimum Gasteiger partial charge on any atom is -0.381 e. The molecular weight excluding hydrogens is 227 g/mol. The summed E-state index contributed by atoms with van der Waals surface area (Å²) in [7, 11) is 0. The molecule has 1 aromatic carbocycles. The Balaban J connectivity index is 3.12. The van der Waals surface area contributed by atoms with Crippen LogP contribution >= 0.6 is 15.9 Å². The maximum absolute atomic E-state index is 12.9. The summed E-state index contributed by atoms with van der Waals surface area (Å²) >= 11 is 3.10. The van der Waals surface area contributed by atoms with Gasteiger partial charge in [0.1, 0.15) is 11.9 Å². The van der Waals surface area contributed by atoms with Crippen molar-refractivity contribution in [3.05, 3.63) is 34.1 Å². The third kappa shape index (κ3) is 1.89. The molecule has 0 saturated carbocycles. The van der Waals surface area contributed by atoms with E-state index in [-0.39, 0.29) is 11.8 Å². The topological polar surface area (TPSA) is 37.3 Å². The lowest BCUT2D eigenvalue weighted by atomic mass is 10.1. The minimum atomic E-state index is -1.39. The van der Waals surface area contributed by atoms with Gasteiger partial charge < -0.3 is 9.90 Å². The Morgan fingerprint density at radius 1 is 1.58 bits per heavy atom. The Morgan fingerprint density at radius 2 is 2.25 bits per heavy atom. The Morgan fingerprint density at radius 3 is 2.83 bits per heavy atom. The van der Waals surface area contributed by atoms with E-state index in [0.29, 0.717) is 4.47 Å². The van der Waals surface area contributed by atoms with Gasteiger partial charge in [-0.1, -0.05) is 15.9 Å². The third-order valence-electron chi connectivity index (χ3n) is 1.41. The highest BCUT2D eigenvalue weighted by atomic mass is 79.9. The molecule has 12 heavy (non-hydrogen) atoms. The zero-order valence-electron chi connectivity index (χ0n) is 6.00. The van der Waals surface area contributed by atoms with Crippen molar-refractivity contribution in [1.29, 1.82) is 0 Å². The highest BCUT2D eigenvalue weighted by molar-refractivity contribution is 9.10. The first-order chi connectivity index (χ1) is 5.65. The number of aliphatic hydroxyl groups is 1. The summed E-state index contributed by atoms with van der Waals surface area (Å²) in [6, 6.07) is 4.05. The molecule has 0 aliphatic rings. The van der Waals surface area contributed by atoms with E-state index < -0.39 is 11.9 Å². The number of benzene rings is 1. The second-order valence-corrected chi connectivity index (χ2v) is 3.16. The fraction of sp³-hybridized carbons (Fsp3) is 0.125. The van der Waals surface area contributed by atoms with E-state index in [9.17, 15) is 9.18 Å². The van der Waals surface area contributed by atoms with Gasteiger partial charge in [-0.2, -0.15) is 0 Å². The molecule has 0 aliphatic carbocycles. The largest absolute Gasteiger partial charge is 0.381 e. The van der Waals surface area contributed by atoms with Crippen LogP contribution in [-0.2, 0) is 4.79 Å². The number of aliphatic hydroxyl groups excluding tert-OH is 1. The van der Waals surface area contributed by atoms with E-state index in [1.54, 1.807) is 0 Å². The molecule has 4 heteroatoms. The molecule has 0 saturated heterocycles. The lowest BCUT2D eigenvalue weighted by Crippen LogP contribution is -2.01. The molecule has 1 N–H and O–H groups in total. The first-order valence-corrected chi connectivity index (χ1v) is 4.02. The van der Waals surface area contributed by atoms with Gasteiger partial charge in [0.15, 0.2) is 6.29 Å². The number of halogens is 2. The van der Waals surface area contributed by atoms with Crippen molar-refractivity contribution in [2.24, 2.45) is 0 Å². The quantitative estimate of drug-likeness (QED) is 0.791. The summed E-state index contributed by atoms with van der Waals surface area (Å²) in [6.45, 7) is 0. The van der Waals surface area contributed by atoms with Crippen LogP contribution in [0.25, 0.3) is 0 Å². The molecule has 0 radical (unpaired) electrons. The van der Waals surface area contributed by atoms with Gasteiger partial charge in [0.25, 0.3) is 0 Å². The normalized spacial score (nSPS) is 12.6. The average molecular weight is 233 g/mol. The first-order valence-electron chi connectivity index (χ1n) is 3.23. The van der Waals surface area contributed by atoms with E-state index in [0.717, 1.165) is 0 Å². The molecule has 0 aliphatic heterocycles. The van der Waals surface area contributed by atoms with Gasteiger partial charge >= 0.3 is 0 Å². The average Bonchev–Trinajstić information content (AvgIpc) is 2.08. The minimum absolute atomic E-state index is 0.0145. The Labute approximate surface area is 77.2 Å². The Hall–Kier alpha value is -0.740. The van der Waals surface area contributed by atoms with Crippen LogP contribution in [0.1, 0.15) is 11.7 Å². The molecule has 64 valence electrons. The van der Waals surface area contributed by atoms with Crippen LogP contribution < -0.4 is 0 Å². The molecule has 0 amide bonds. The number of rotatable bonds is 2. The number of aldehydes is 1. The van der Waals surface area contributed by atoms with Crippen LogP contribution in [-0.4, -0.2) is 11.4 Å². The van der Waals surface area contributed by atoms with Gasteiger partial charge in [-0.15, -0.1) is 0 Å². The van der Waals surface area contributed by atoms with Crippen molar-refractivity contribution >= 4 is 22.2 Å². The monoisotopic (exact) mass is 232 g/mol. The van der Waals surface area contributed by atoms with Gasteiger partial charge in [0, 0.05) is 10.0 Å². The maximum Gasteiger partial charge on any atom is 0.153 e. The number of hydrogen-bond donors (Lipinski definition) is 1. The van der Waals surface area contributed by atoms with Crippen LogP contribution in [0.5, 0.6) is 0 Å². The van der Waals surface area contributed by atoms with E-state index in [2.05, 4.69) is 15.9 Å². The van der Waals surface area contributed by atoms with Crippen molar-refractivity contribution in [1.82, 2.24) is 0 Å². The smallest absolute Gasteiger partial charge is 0.153 e. The summed E-state index contributed by atoms with van der Waals surface area (Å²) < 4.78 is 13.5. The van der Waals surface area contributed by atoms with Crippen molar-refractivity contribution in [2.45, 2.75) is 6.10 Å². The molecule has 0 heterocycles. The van der Waals surface area contributed by atoms with Crippen LogP contribution in [0.15, 0.2) is 22.7 Å². The molecule has 0 fully saturated rings. The molecule has 0 spiro atoms. The number of hydrogen-bond acceptors (Lipinski definition) is 2. The zero-order valence-corrected chi connectivity index (χ0v) is 7.58. The highest BCUT2D eigenvalue weighted by Gasteiger charge is 2.11. The Bertz CT molecular complexity index is 301. The molecule has 1 atom stereocenters. The lowest BCUT2D eigenvalue weighted by Gasteiger charge is -2.04. The maximum atomic E-state index is 12.9. The molecule has 1 rings (SSSR count). The van der Waals surface area contributed by atoms with Gasteiger partial charge in [-0.3, -0.25) is 0 Å². The summed E-state index contributed by atoms with van der Waals surface area (Å²) in [5.74, 6) is -0.585. The Kier molecular flexibility index (Phi) is 2.94. The van der Waals surface area contributed by atoms with Crippen LogP contribution in [0, 0.1) is 5.82 Å². The second kappa shape index (κ2) is 3.78. The third-order valence-corrected chi connectivity index (χ3v) is 1.90. The van der Waals surface area contributed by atoms with Crippen molar-refractivity contribution in [3.63, 3.8) is 0 Å². The van der Waals surface area contributed by atoms with Crippen molar-refractivity contribution < 1.29 is 14.3 Å². The zero-order chi connectivity index (χ0) is 9.14. The summed E-state index contributed by atoms with van der Waals surface area (Å²) in [5.41, 5.74) is -0.0145. The first kappa shape index (κ1) is 9.35. The highest BCUT2D eigenvalue weighted by Crippen LogP contribution is 2.20. The van der Waals surface area contributed by atoms with Crippen LogP contribution in [0.4, 0.5) is 4.39 Å². The molecule has 0 aromatic heterocycles. The van der Waals surface area contributed by atoms with E-state index in [1.165, 1.54) is 18.2 Å². The van der Waals surface area contributed by atoms with Crippen LogP contribution in [0.2, 0.25) is 0 Å². The predicted molar refractivity (Wildman–Crippen MR) is 45.1 cm³/mol. The van der Waals surface area contributed by atoms with Gasteiger partial charge in [0.2, 0.25) is 0 Å². The predicted octanol–water partition coefficient (Wildman–Crippen LogP) is 1.82. The van der Waals surface area contributed by atoms with Crippen molar-refractivity contribution in [2.75, 3.05) is 0 Å². The SMILES string of the molecule is O=CC(O)c1cc(Br)ccc1F. The number of carbonyl (C=O) groups is 1. The fourth-order valence-corrected chi connectivity index (χ4v) is 1.19. The molecule has 1 aromatic rings. The van der Waals surface area contributed by atoms with Gasteiger partial charge in [0.05, 0.1) is 0 Å². The fourth-order valence-electron chi connectivity index (χ4n) is 0.815. The molecule has 2 nitrogen and oxygen atoms in total. The van der Waals surface area contributed by atoms with E-state index in [1.807, 2.05) is 0 Å². The molecule has 0 bridgehead atoms. The summed E-state index contributed by atoms with van der Waals surface area (Å²) in [4.78, 5) is 10.1. The van der Waals surface area contributed by atoms with Gasteiger partial charge in [-0.05, 0) is 18.2 Å². The molecular formula is C8H6BrFO2. The lowest BCUT2D eigenvalue weighted by molar-refractivity contribution is -0.115. The van der Waals surface area contributed by atoms with E-state index in [4.69, 9.17) is 5.11 Å². The summed E-state index contributed by atoms with van der Waals surface area (Å²) in [5, 5.41) is 9.01. The number of carbonyl (C=O) groups excluding carboxylic acids is 1. The van der Waals surface area contributed by atoms with Gasteiger partial charge in [-0.25, -0.2) is 4.39 Å². The van der Waals surface area contributed by atoms with Crippen LogP contribution in [0.3, 0.4) is 0 Å². The summed E-state index contributed by atoms with van der Waals surface area (Å²) in [6.07, 6.45) is -1.10. The van der Waals surface area contributed by atoms with Crippen molar-refractivity contribution in [3.8, 4) is 0 Å². The van der Waals surface area contributed by atoms with E-state index >= 15 is 0 Å². The standard InChI is InChI=1S/C8H6BrFO2/c9-5-1-2-7(10)6(3-5)8(12)4-11/h1-4,8,12H. The molecule has 1 unspecified atom stereocenters. The second-order valence-electron chi connectivity index (χ2n) is 2.25.